The topological polar surface area (TPSA) is 86.3 Å². The van der Waals surface area contributed by atoms with Gasteiger partial charge in [-0.2, -0.15) is 31.4 Å². The molecule has 0 radical (unpaired) electrons. The Labute approximate surface area is 146 Å². The van der Waals surface area contributed by atoms with Crippen LogP contribution in [0.1, 0.15) is 16.8 Å². The summed E-state index contributed by atoms with van der Waals surface area (Å²) in [6.45, 7) is 0. The molecule has 3 aromatic rings. The molecule has 0 unspecified atom stereocenters. The van der Waals surface area contributed by atoms with Crippen LogP contribution in [0.4, 0.5) is 26.3 Å². The Hall–Kier alpha value is -3.15. The first kappa shape index (κ1) is 18.6. The summed E-state index contributed by atoms with van der Waals surface area (Å²) >= 11 is 0. The van der Waals surface area contributed by atoms with Crippen molar-refractivity contribution in [3.05, 3.63) is 53.3 Å². The van der Waals surface area contributed by atoms with Crippen molar-refractivity contribution in [3.63, 3.8) is 0 Å². The number of rotatable bonds is 2. The van der Waals surface area contributed by atoms with Crippen molar-refractivity contribution in [1.82, 2.24) is 20.1 Å². The van der Waals surface area contributed by atoms with Crippen molar-refractivity contribution in [1.29, 1.82) is 5.41 Å². The van der Waals surface area contributed by atoms with Gasteiger partial charge in [-0.3, -0.25) is 16.1 Å². The average Bonchev–Trinajstić information content (AvgIpc) is 3.02. The molecule has 12 heteroatoms. The van der Waals surface area contributed by atoms with Gasteiger partial charge in [-0.1, -0.05) is 12.1 Å². The van der Waals surface area contributed by atoms with E-state index in [0.29, 0.717) is 10.6 Å². The van der Waals surface area contributed by atoms with Crippen LogP contribution in [-0.4, -0.2) is 25.6 Å². The Kier molecular flexibility index (Phi) is 4.30. The number of benzene rings is 1. The van der Waals surface area contributed by atoms with E-state index in [0.717, 1.165) is 30.5 Å². The summed E-state index contributed by atoms with van der Waals surface area (Å²) in [6, 6.07) is 4.08. The van der Waals surface area contributed by atoms with Crippen LogP contribution in [0.5, 0.6) is 0 Å². The number of hydroxylamine groups is 1. The lowest BCUT2D eigenvalue weighted by Crippen LogP contribution is -2.19. The summed E-state index contributed by atoms with van der Waals surface area (Å²) in [5, 5.41) is 19.9. The fourth-order valence-corrected chi connectivity index (χ4v) is 2.38. The first-order chi connectivity index (χ1) is 12.5. The number of fused-ring (bicyclic) bond motifs is 1. The molecule has 0 saturated heterocycles. The monoisotopic (exact) mass is 389 g/mol. The zero-order valence-electron chi connectivity index (χ0n) is 13.0. The summed E-state index contributed by atoms with van der Waals surface area (Å²) < 4.78 is 78.5. The maximum atomic E-state index is 13.4. The Morgan fingerprint density at radius 1 is 1.04 bits per heavy atom. The number of aromatic nitrogens is 3. The van der Waals surface area contributed by atoms with Gasteiger partial charge in [-0.05, 0) is 18.2 Å². The van der Waals surface area contributed by atoms with E-state index >= 15 is 0 Å². The van der Waals surface area contributed by atoms with Crippen LogP contribution in [-0.2, 0) is 12.4 Å². The van der Waals surface area contributed by atoms with Crippen molar-refractivity contribution in [2.75, 3.05) is 0 Å². The van der Waals surface area contributed by atoms with Gasteiger partial charge in [0.2, 0.25) is 0 Å². The van der Waals surface area contributed by atoms with Gasteiger partial charge in [0.25, 0.3) is 0 Å². The molecule has 0 amide bonds. The molecule has 0 atom stereocenters. The Bertz CT molecular complexity index is 1010. The highest BCUT2D eigenvalue weighted by atomic mass is 19.4. The standard InChI is InChI=1S/C15H9F6N5O/c16-14(17,18)8-3-1-7(2-4-8)10-5-11(15(19,20)21)26-13(24-10)9(6-23-26)12(22)25-27/h1-6,27H,(H2,22,25). The number of alkyl halides is 6. The molecule has 6 nitrogen and oxygen atoms in total. The zero-order chi connectivity index (χ0) is 20.0. The molecular weight excluding hydrogens is 380 g/mol. The summed E-state index contributed by atoms with van der Waals surface area (Å²) in [6.07, 6.45) is -8.53. The molecule has 27 heavy (non-hydrogen) atoms. The van der Waals surface area contributed by atoms with Gasteiger partial charge in [0, 0.05) is 5.56 Å². The van der Waals surface area contributed by atoms with E-state index in [4.69, 9.17) is 10.6 Å². The van der Waals surface area contributed by atoms with Gasteiger partial charge in [0.15, 0.2) is 17.2 Å². The van der Waals surface area contributed by atoms with Crippen LogP contribution in [0.3, 0.4) is 0 Å². The predicted molar refractivity (Wildman–Crippen MR) is 80.2 cm³/mol. The maximum absolute atomic E-state index is 13.4. The number of nitrogens with zero attached hydrogens (tertiary/aromatic N) is 3. The van der Waals surface area contributed by atoms with Crippen LogP contribution < -0.4 is 5.48 Å². The molecule has 0 aliphatic rings. The molecule has 2 aromatic heterocycles. The number of halogens is 6. The van der Waals surface area contributed by atoms with Gasteiger partial charge in [0.05, 0.1) is 23.0 Å². The van der Waals surface area contributed by atoms with E-state index in [1.54, 1.807) is 0 Å². The first-order valence-electron chi connectivity index (χ1n) is 7.15. The van der Waals surface area contributed by atoms with Crippen LogP contribution in [0.2, 0.25) is 0 Å². The fraction of sp³-hybridized carbons (Fsp3) is 0.133. The quantitative estimate of drug-likeness (QED) is 0.270. The molecule has 0 aliphatic heterocycles. The maximum Gasteiger partial charge on any atom is 0.433 e. The molecule has 3 N–H and O–H groups in total. The van der Waals surface area contributed by atoms with Gasteiger partial charge < -0.3 is 0 Å². The lowest BCUT2D eigenvalue weighted by atomic mass is 10.1. The molecular formula is C15H9F6N5O. The van der Waals surface area contributed by atoms with Gasteiger partial charge in [-0.25, -0.2) is 9.50 Å². The Morgan fingerprint density at radius 2 is 1.67 bits per heavy atom. The molecule has 0 bridgehead atoms. The third kappa shape index (κ3) is 3.43. The van der Waals surface area contributed by atoms with E-state index in [1.165, 1.54) is 5.48 Å². The van der Waals surface area contributed by atoms with Crippen LogP contribution >= 0.6 is 0 Å². The molecule has 0 saturated carbocycles. The minimum absolute atomic E-state index is 0.00615. The highest BCUT2D eigenvalue weighted by Gasteiger charge is 2.36. The molecule has 2 heterocycles. The second-order valence-electron chi connectivity index (χ2n) is 5.38. The second kappa shape index (κ2) is 6.23. The largest absolute Gasteiger partial charge is 0.433 e. The predicted octanol–water partition coefficient (Wildman–Crippen LogP) is 3.74. The highest BCUT2D eigenvalue weighted by Crippen LogP contribution is 2.34. The molecule has 0 fully saturated rings. The number of nitrogens with one attached hydrogen (secondary N) is 2. The van der Waals surface area contributed by atoms with Crippen molar-refractivity contribution < 1.29 is 31.5 Å². The van der Waals surface area contributed by atoms with Gasteiger partial charge in [-0.15, -0.1) is 0 Å². The second-order valence-corrected chi connectivity index (χ2v) is 5.38. The molecule has 3 rings (SSSR count). The molecule has 0 aliphatic carbocycles. The first-order valence-corrected chi connectivity index (χ1v) is 7.15. The Balaban J connectivity index is 2.22. The van der Waals surface area contributed by atoms with Crippen LogP contribution in [0, 0.1) is 5.41 Å². The van der Waals surface area contributed by atoms with E-state index in [1.807, 2.05) is 0 Å². The lowest BCUT2D eigenvalue weighted by molar-refractivity contribution is -0.142. The van der Waals surface area contributed by atoms with E-state index in [2.05, 4.69) is 10.1 Å². The van der Waals surface area contributed by atoms with E-state index in [9.17, 15) is 26.3 Å². The summed E-state index contributed by atoms with van der Waals surface area (Å²) in [5.74, 6) is -0.643. The van der Waals surface area contributed by atoms with Crippen molar-refractivity contribution in [2.24, 2.45) is 0 Å². The normalized spacial score (nSPS) is 12.4. The SMILES string of the molecule is N=C(NO)c1cnn2c(C(F)(F)F)cc(-c3ccc(C(F)(F)F)cc3)nc12. The van der Waals surface area contributed by atoms with E-state index in [-0.39, 0.29) is 16.8 Å². The summed E-state index contributed by atoms with van der Waals surface area (Å²) in [7, 11) is 0. The number of amidine groups is 1. The minimum atomic E-state index is -4.85. The summed E-state index contributed by atoms with van der Waals surface area (Å²) in [4.78, 5) is 3.97. The third-order valence-corrected chi connectivity index (χ3v) is 3.65. The van der Waals surface area contributed by atoms with Crippen molar-refractivity contribution in [2.45, 2.75) is 12.4 Å². The highest BCUT2D eigenvalue weighted by molar-refractivity contribution is 6.01. The third-order valence-electron chi connectivity index (χ3n) is 3.65. The molecule has 1 aromatic carbocycles. The van der Waals surface area contributed by atoms with Gasteiger partial charge >= 0.3 is 12.4 Å². The van der Waals surface area contributed by atoms with E-state index < -0.39 is 35.1 Å². The minimum Gasteiger partial charge on any atom is -0.290 e. The van der Waals surface area contributed by atoms with Gasteiger partial charge in [0.1, 0.15) is 0 Å². The summed E-state index contributed by atoms with van der Waals surface area (Å²) in [5.41, 5.74) is -1.59. The number of hydrogen-bond acceptors (Lipinski definition) is 4. The smallest absolute Gasteiger partial charge is 0.290 e. The van der Waals surface area contributed by atoms with Crippen molar-refractivity contribution >= 4 is 11.5 Å². The lowest BCUT2D eigenvalue weighted by Gasteiger charge is -2.12. The Morgan fingerprint density at radius 3 is 2.19 bits per heavy atom. The van der Waals surface area contributed by atoms with Crippen LogP contribution in [0.25, 0.3) is 16.9 Å². The molecule has 142 valence electrons. The number of hydrogen-bond donors (Lipinski definition) is 3. The van der Waals surface area contributed by atoms with Crippen LogP contribution in [0.15, 0.2) is 36.5 Å². The fourth-order valence-electron chi connectivity index (χ4n) is 2.38. The average molecular weight is 389 g/mol. The zero-order valence-corrected chi connectivity index (χ0v) is 13.0. The van der Waals surface area contributed by atoms with Crippen molar-refractivity contribution in [3.8, 4) is 11.3 Å². The molecule has 0 spiro atoms.